The average molecular weight is 245 g/mol. The van der Waals surface area contributed by atoms with Gasteiger partial charge in [-0.1, -0.05) is 18.2 Å². The normalized spacial score (nSPS) is 20.1. The molecular weight excluding hydrogens is 239 g/mol. The van der Waals surface area contributed by atoms with Crippen LogP contribution in [0.15, 0.2) is 24.3 Å². The van der Waals surface area contributed by atoms with E-state index >= 15 is 0 Å². The molecule has 0 saturated carbocycles. The van der Waals surface area contributed by atoms with Crippen molar-refractivity contribution in [1.29, 1.82) is 0 Å². The van der Waals surface area contributed by atoms with E-state index in [1.54, 1.807) is 5.48 Å². The largest absolute Gasteiger partial charge is 0.416 e. The predicted molar refractivity (Wildman–Crippen MR) is 48.4 cm³/mol. The Labute approximate surface area is 93.3 Å². The molecule has 0 aliphatic carbocycles. The minimum Gasteiger partial charge on any atom is -0.339 e. The third kappa shape index (κ3) is 1.95. The van der Waals surface area contributed by atoms with Gasteiger partial charge in [0, 0.05) is 0 Å². The third-order valence-electron chi connectivity index (χ3n) is 2.33. The van der Waals surface area contributed by atoms with Crippen molar-refractivity contribution in [1.82, 2.24) is 5.48 Å². The van der Waals surface area contributed by atoms with Gasteiger partial charge >= 0.3 is 12.1 Å². The van der Waals surface area contributed by atoms with E-state index in [1.165, 1.54) is 12.1 Å². The second kappa shape index (κ2) is 3.76. The van der Waals surface area contributed by atoms with E-state index in [0.29, 0.717) is 0 Å². The Morgan fingerprint density at radius 1 is 1.18 bits per heavy atom. The number of alkyl halides is 3. The molecule has 90 valence electrons. The van der Waals surface area contributed by atoms with Crippen LogP contribution in [0.4, 0.5) is 13.2 Å². The SMILES string of the molecule is O=C1NOC(=O)C1c1ccccc1C(F)(F)F. The third-order valence-corrected chi connectivity index (χ3v) is 2.33. The number of hydroxylamine groups is 1. The van der Waals surface area contributed by atoms with E-state index in [0.717, 1.165) is 12.1 Å². The van der Waals surface area contributed by atoms with Gasteiger partial charge in [-0.2, -0.15) is 18.7 Å². The molecule has 0 spiro atoms. The Kier molecular flexibility index (Phi) is 2.53. The molecule has 1 atom stereocenters. The number of nitrogens with one attached hydrogen (secondary N) is 1. The quantitative estimate of drug-likeness (QED) is 0.760. The first-order valence-electron chi connectivity index (χ1n) is 4.58. The van der Waals surface area contributed by atoms with Crippen LogP contribution in [0.2, 0.25) is 0 Å². The van der Waals surface area contributed by atoms with E-state index in [2.05, 4.69) is 4.84 Å². The molecule has 1 heterocycles. The molecule has 1 aliphatic heterocycles. The molecule has 0 aromatic heterocycles. The van der Waals surface area contributed by atoms with Gasteiger partial charge in [-0.15, -0.1) is 0 Å². The molecule has 1 fully saturated rings. The molecule has 1 aromatic carbocycles. The van der Waals surface area contributed by atoms with Crippen LogP contribution in [0.25, 0.3) is 0 Å². The molecule has 1 unspecified atom stereocenters. The van der Waals surface area contributed by atoms with Gasteiger partial charge in [-0.3, -0.25) is 4.79 Å². The Morgan fingerprint density at radius 3 is 2.35 bits per heavy atom. The summed E-state index contributed by atoms with van der Waals surface area (Å²) in [5.74, 6) is -3.49. The van der Waals surface area contributed by atoms with E-state index in [-0.39, 0.29) is 0 Å². The first-order chi connectivity index (χ1) is 7.91. The fraction of sp³-hybridized carbons (Fsp3) is 0.200. The summed E-state index contributed by atoms with van der Waals surface area (Å²) < 4.78 is 38.0. The predicted octanol–water partition coefficient (Wildman–Crippen LogP) is 1.38. The van der Waals surface area contributed by atoms with Crippen molar-refractivity contribution in [3.63, 3.8) is 0 Å². The van der Waals surface area contributed by atoms with E-state index < -0.39 is 35.1 Å². The standard InChI is InChI=1S/C10H6F3NO3/c11-10(12,13)6-4-2-1-3-5(6)7-8(15)14-17-9(7)16/h1-4,7H,(H,14,15). The first kappa shape index (κ1) is 11.4. The lowest BCUT2D eigenvalue weighted by Gasteiger charge is -2.13. The lowest BCUT2D eigenvalue weighted by Crippen LogP contribution is -2.21. The average Bonchev–Trinajstić information content (AvgIpc) is 2.57. The van der Waals surface area contributed by atoms with Crippen LogP contribution >= 0.6 is 0 Å². The molecule has 4 nitrogen and oxygen atoms in total. The van der Waals surface area contributed by atoms with E-state index in [4.69, 9.17) is 0 Å². The summed E-state index contributed by atoms with van der Waals surface area (Å²) >= 11 is 0. The number of carbonyl (C=O) groups excluding carboxylic acids is 2. The van der Waals surface area contributed by atoms with Crippen molar-refractivity contribution in [2.75, 3.05) is 0 Å². The minimum atomic E-state index is -4.63. The van der Waals surface area contributed by atoms with Gasteiger partial charge in [-0.25, -0.2) is 4.79 Å². The fourth-order valence-corrected chi connectivity index (χ4v) is 1.60. The van der Waals surface area contributed by atoms with Crippen LogP contribution in [0.5, 0.6) is 0 Å². The van der Waals surface area contributed by atoms with Crippen molar-refractivity contribution >= 4 is 11.9 Å². The summed E-state index contributed by atoms with van der Waals surface area (Å²) in [6.45, 7) is 0. The first-order valence-corrected chi connectivity index (χ1v) is 4.58. The molecule has 17 heavy (non-hydrogen) atoms. The van der Waals surface area contributed by atoms with Gasteiger partial charge in [0.2, 0.25) is 0 Å². The van der Waals surface area contributed by atoms with Gasteiger partial charge < -0.3 is 4.84 Å². The highest BCUT2D eigenvalue weighted by Gasteiger charge is 2.43. The number of rotatable bonds is 1. The highest BCUT2D eigenvalue weighted by molar-refractivity contribution is 6.07. The molecular formula is C10H6F3NO3. The molecule has 1 amide bonds. The van der Waals surface area contributed by atoms with Gasteiger partial charge in [-0.05, 0) is 11.6 Å². The van der Waals surface area contributed by atoms with E-state index in [9.17, 15) is 22.8 Å². The number of hydrogen-bond donors (Lipinski definition) is 1. The molecule has 7 heteroatoms. The molecule has 0 bridgehead atoms. The summed E-state index contributed by atoms with van der Waals surface area (Å²) in [6, 6.07) is 4.40. The summed E-state index contributed by atoms with van der Waals surface area (Å²) in [5, 5.41) is 0. The zero-order valence-electron chi connectivity index (χ0n) is 8.25. The van der Waals surface area contributed by atoms with Crippen LogP contribution in [0, 0.1) is 0 Å². The molecule has 2 rings (SSSR count). The van der Waals surface area contributed by atoms with Crippen LogP contribution in [0.3, 0.4) is 0 Å². The Morgan fingerprint density at radius 2 is 1.82 bits per heavy atom. The fourth-order valence-electron chi connectivity index (χ4n) is 1.60. The molecule has 1 saturated heterocycles. The summed E-state index contributed by atoms with van der Waals surface area (Å²) in [6.07, 6.45) is -4.63. The van der Waals surface area contributed by atoms with Crippen LogP contribution in [0.1, 0.15) is 17.0 Å². The Balaban J connectivity index is 2.52. The van der Waals surface area contributed by atoms with Gasteiger partial charge in [0.25, 0.3) is 5.91 Å². The van der Waals surface area contributed by atoms with Crippen molar-refractivity contribution in [2.24, 2.45) is 0 Å². The monoisotopic (exact) mass is 245 g/mol. The maximum absolute atomic E-state index is 12.7. The number of hydrogen-bond acceptors (Lipinski definition) is 3. The van der Waals surface area contributed by atoms with Crippen molar-refractivity contribution < 1.29 is 27.6 Å². The number of carbonyl (C=O) groups is 2. The molecule has 1 aliphatic rings. The van der Waals surface area contributed by atoms with Gasteiger partial charge in [0.15, 0.2) is 5.92 Å². The zero-order valence-corrected chi connectivity index (χ0v) is 8.25. The maximum atomic E-state index is 12.7. The van der Waals surface area contributed by atoms with Gasteiger partial charge in [0.1, 0.15) is 0 Å². The highest BCUT2D eigenvalue weighted by Crippen LogP contribution is 2.36. The summed E-state index contributed by atoms with van der Waals surface area (Å²) in [4.78, 5) is 26.6. The Hall–Kier alpha value is -2.05. The lowest BCUT2D eigenvalue weighted by atomic mass is 9.94. The second-order valence-corrected chi connectivity index (χ2v) is 3.41. The lowest BCUT2D eigenvalue weighted by molar-refractivity contribution is -0.145. The minimum absolute atomic E-state index is 0.403. The number of benzene rings is 1. The number of amides is 1. The topological polar surface area (TPSA) is 55.4 Å². The summed E-state index contributed by atoms with van der Waals surface area (Å²) in [5.41, 5.74) is 0.323. The van der Waals surface area contributed by atoms with Crippen molar-refractivity contribution in [2.45, 2.75) is 12.1 Å². The maximum Gasteiger partial charge on any atom is 0.416 e. The van der Waals surface area contributed by atoms with Crippen LogP contribution in [-0.2, 0) is 20.6 Å². The van der Waals surface area contributed by atoms with Crippen molar-refractivity contribution in [3.05, 3.63) is 35.4 Å². The molecule has 1 aromatic rings. The molecule has 0 radical (unpaired) electrons. The number of halogens is 3. The smallest absolute Gasteiger partial charge is 0.339 e. The van der Waals surface area contributed by atoms with Crippen LogP contribution in [-0.4, -0.2) is 11.9 Å². The van der Waals surface area contributed by atoms with E-state index in [1.807, 2.05) is 0 Å². The molecule has 1 N–H and O–H groups in total. The highest BCUT2D eigenvalue weighted by atomic mass is 19.4. The van der Waals surface area contributed by atoms with Gasteiger partial charge in [0.05, 0.1) is 5.56 Å². The van der Waals surface area contributed by atoms with Crippen molar-refractivity contribution in [3.8, 4) is 0 Å². The zero-order chi connectivity index (χ0) is 12.6. The second-order valence-electron chi connectivity index (χ2n) is 3.41. The van der Waals surface area contributed by atoms with Crippen LogP contribution < -0.4 is 5.48 Å². The summed E-state index contributed by atoms with van der Waals surface area (Å²) in [7, 11) is 0. The Bertz CT molecular complexity index is 468.